The summed E-state index contributed by atoms with van der Waals surface area (Å²) in [6.07, 6.45) is 2.07. The summed E-state index contributed by atoms with van der Waals surface area (Å²) in [5.74, 6) is 0.584. The van der Waals surface area contributed by atoms with E-state index in [-0.39, 0.29) is 5.82 Å². The van der Waals surface area contributed by atoms with Crippen molar-refractivity contribution in [2.75, 3.05) is 6.54 Å². The fourth-order valence-electron chi connectivity index (χ4n) is 1.71. The van der Waals surface area contributed by atoms with Crippen LogP contribution in [0.5, 0.6) is 0 Å². The smallest absolute Gasteiger partial charge is 0.123 e. The Bertz CT molecular complexity index is 309. The Morgan fingerprint density at radius 1 is 1.25 bits per heavy atom. The highest BCUT2D eigenvalue weighted by Crippen LogP contribution is 2.06. The molecule has 1 N–H and O–H groups in total. The Hall–Kier alpha value is -0.890. The predicted octanol–water partition coefficient (Wildman–Crippen LogP) is 3.39. The van der Waals surface area contributed by atoms with Crippen molar-refractivity contribution in [2.24, 2.45) is 5.92 Å². The van der Waals surface area contributed by atoms with Crippen molar-refractivity contribution in [3.05, 3.63) is 35.6 Å². The molecule has 0 saturated carbocycles. The zero-order chi connectivity index (χ0) is 12.0. The van der Waals surface area contributed by atoms with Gasteiger partial charge >= 0.3 is 0 Å². The van der Waals surface area contributed by atoms with Gasteiger partial charge in [0.25, 0.3) is 0 Å². The SMILES string of the molecule is CC(C)CCNC(C)Cc1cccc(F)c1. The summed E-state index contributed by atoms with van der Waals surface area (Å²) >= 11 is 0. The summed E-state index contributed by atoms with van der Waals surface area (Å²) in [5, 5.41) is 3.46. The van der Waals surface area contributed by atoms with E-state index in [2.05, 4.69) is 26.1 Å². The third-order valence-electron chi connectivity index (χ3n) is 2.65. The zero-order valence-electron chi connectivity index (χ0n) is 10.5. The van der Waals surface area contributed by atoms with E-state index in [0.717, 1.165) is 24.4 Å². The second kappa shape index (κ2) is 6.64. The van der Waals surface area contributed by atoms with Crippen molar-refractivity contribution in [2.45, 2.75) is 39.7 Å². The van der Waals surface area contributed by atoms with Gasteiger partial charge in [-0.1, -0.05) is 26.0 Å². The lowest BCUT2D eigenvalue weighted by molar-refractivity contribution is 0.484. The number of hydrogen-bond donors (Lipinski definition) is 1. The van der Waals surface area contributed by atoms with Crippen LogP contribution in [0.15, 0.2) is 24.3 Å². The number of hydrogen-bond acceptors (Lipinski definition) is 1. The molecule has 0 saturated heterocycles. The highest BCUT2D eigenvalue weighted by Gasteiger charge is 2.04. The number of rotatable bonds is 6. The van der Waals surface area contributed by atoms with Gasteiger partial charge in [-0.25, -0.2) is 4.39 Å². The first-order valence-corrected chi connectivity index (χ1v) is 6.05. The third-order valence-corrected chi connectivity index (χ3v) is 2.65. The average Bonchev–Trinajstić information content (AvgIpc) is 2.16. The van der Waals surface area contributed by atoms with E-state index in [4.69, 9.17) is 0 Å². The first-order chi connectivity index (χ1) is 7.58. The van der Waals surface area contributed by atoms with E-state index in [0.29, 0.717) is 6.04 Å². The average molecular weight is 223 g/mol. The molecule has 0 aliphatic heterocycles. The monoisotopic (exact) mass is 223 g/mol. The first kappa shape index (κ1) is 13.2. The third kappa shape index (κ3) is 5.26. The Kier molecular flexibility index (Phi) is 5.47. The molecule has 1 nitrogen and oxygen atoms in total. The molecule has 0 radical (unpaired) electrons. The van der Waals surface area contributed by atoms with Crippen LogP contribution in [0.25, 0.3) is 0 Å². The van der Waals surface area contributed by atoms with E-state index < -0.39 is 0 Å². The van der Waals surface area contributed by atoms with Gasteiger partial charge in [0.1, 0.15) is 5.82 Å². The van der Waals surface area contributed by atoms with Crippen LogP contribution < -0.4 is 5.32 Å². The van der Waals surface area contributed by atoms with Crippen molar-refractivity contribution >= 4 is 0 Å². The lowest BCUT2D eigenvalue weighted by atomic mass is 10.1. The maximum absolute atomic E-state index is 13.0. The molecule has 0 spiro atoms. The molecule has 90 valence electrons. The second-order valence-electron chi connectivity index (χ2n) is 4.87. The second-order valence-corrected chi connectivity index (χ2v) is 4.87. The molecular formula is C14H22FN. The lowest BCUT2D eigenvalue weighted by Crippen LogP contribution is -2.29. The molecule has 0 amide bonds. The Morgan fingerprint density at radius 2 is 2.00 bits per heavy atom. The Morgan fingerprint density at radius 3 is 2.62 bits per heavy atom. The van der Waals surface area contributed by atoms with Gasteiger partial charge in [0.05, 0.1) is 0 Å². The highest BCUT2D eigenvalue weighted by molar-refractivity contribution is 5.17. The zero-order valence-corrected chi connectivity index (χ0v) is 10.5. The summed E-state index contributed by atoms with van der Waals surface area (Å²) < 4.78 is 13.0. The molecule has 0 heterocycles. The molecule has 1 aromatic carbocycles. The number of nitrogens with one attached hydrogen (secondary N) is 1. The van der Waals surface area contributed by atoms with Crippen LogP contribution in [0, 0.1) is 11.7 Å². The molecule has 2 heteroatoms. The van der Waals surface area contributed by atoms with E-state index in [1.165, 1.54) is 12.5 Å². The van der Waals surface area contributed by atoms with Gasteiger partial charge in [0.2, 0.25) is 0 Å². The van der Waals surface area contributed by atoms with Gasteiger partial charge in [-0.05, 0) is 49.9 Å². The van der Waals surface area contributed by atoms with Crippen molar-refractivity contribution in [1.82, 2.24) is 5.32 Å². The van der Waals surface area contributed by atoms with Crippen molar-refractivity contribution < 1.29 is 4.39 Å². The standard InChI is InChI=1S/C14H22FN/c1-11(2)7-8-16-12(3)9-13-5-4-6-14(15)10-13/h4-6,10-12,16H,7-9H2,1-3H3. The minimum absolute atomic E-state index is 0.146. The Balaban J connectivity index is 2.31. The molecule has 16 heavy (non-hydrogen) atoms. The van der Waals surface area contributed by atoms with E-state index >= 15 is 0 Å². The van der Waals surface area contributed by atoms with Gasteiger partial charge in [0, 0.05) is 6.04 Å². The predicted molar refractivity (Wildman–Crippen MR) is 67.0 cm³/mol. The van der Waals surface area contributed by atoms with Gasteiger partial charge in [0.15, 0.2) is 0 Å². The summed E-state index contributed by atoms with van der Waals surface area (Å²) in [7, 11) is 0. The highest BCUT2D eigenvalue weighted by atomic mass is 19.1. The van der Waals surface area contributed by atoms with Crippen molar-refractivity contribution in [1.29, 1.82) is 0 Å². The maximum atomic E-state index is 13.0. The molecule has 0 bridgehead atoms. The van der Waals surface area contributed by atoms with E-state index in [1.807, 2.05) is 6.07 Å². The van der Waals surface area contributed by atoms with Crippen LogP contribution in [0.3, 0.4) is 0 Å². The molecule has 1 rings (SSSR count). The lowest BCUT2D eigenvalue weighted by Gasteiger charge is -2.14. The van der Waals surface area contributed by atoms with Gasteiger partial charge in [-0.15, -0.1) is 0 Å². The quantitative estimate of drug-likeness (QED) is 0.779. The normalized spacial score (nSPS) is 13.1. The largest absolute Gasteiger partial charge is 0.314 e. The van der Waals surface area contributed by atoms with Gasteiger partial charge in [-0.3, -0.25) is 0 Å². The topological polar surface area (TPSA) is 12.0 Å². The van der Waals surface area contributed by atoms with Gasteiger partial charge in [-0.2, -0.15) is 0 Å². The Labute approximate surface area is 98.1 Å². The molecule has 1 unspecified atom stereocenters. The number of benzene rings is 1. The molecule has 0 fully saturated rings. The minimum atomic E-state index is -0.146. The van der Waals surface area contributed by atoms with Crippen LogP contribution in [0.2, 0.25) is 0 Å². The maximum Gasteiger partial charge on any atom is 0.123 e. The number of halogens is 1. The first-order valence-electron chi connectivity index (χ1n) is 6.05. The summed E-state index contributed by atoms with van der Waals surface area (Å²) in [5.41, 5.74) is 1.06. The molecule has 0 aliphatic carbocycles. The molecule has 1 atom stereocenters. The van der Waals surface area contributed by atoms with Crippen LogP contribution in [-0.4, -0.2) is 12.6 Å². The van der Waals surface area contributed by atoms with Crippen LogP contribution in [0.1, 0.15) is 32.8 Å². The summed E-state index contributed by atoms with van der Waals surface area (Å²) in [6.45, 7) is 7.62. The molecule has 0 aromatic heterocycles. The fourth-order valence-corrected chi connectivity index (χ4v) is 1.71. The van der Waals surface area contributed by atoms with Crippen molar-refractivity contribution in [3.8, 4) is 0 Å². The van der Waals surface area contributed by atoms with Crippen LogP contribution >= 0.6 is 0 Å². The molecule has 1 aromatic rings. The van der Waals surface area contributed by atoms with Crippen molar-refractivity contribution in [3.63, 3.8) is 0 Å². The minimum Gasteiger partial charge on any atom is -0.314 e. The fraction of sp³-hybridized carbons (Fsp3) is 0.571. The summed E-state index contributed by atoms with van der Waals surface area (Å²) in [6, 6.07) is 7.25. The molecule has 0 aliphatic rings. The van der Waals surface area contributed by atoms with E-state index in [9.17, 15) is 4.39 Å². The van der Waals surface area contributed by atoms with Crippen LogP contribution in [0.4, 0.5) is 4.39 Å². The molecular weight excluding hydrogens is 201 g/mol. The van der Waals surface area contributed by atoms with Crippen LogP contribution in [-0.2, 0) is 6.42 Å². The van der Waals surface area contributed by atoms with Gasteiger partial charge < -0.3 is 5.32 Å². The summed E-state index contributed by atoms with van der Waals surface area (Å²) in [4.78, 5) is 0. The van der Waals surface area contributed by atoms with E-state index in [1.54, 1.807) is 12.1 Å².